The van der Waals surface area contributed by atoms with Gasteiger partial charge in [-0.2, -0.15) is 0 Å². The van der Waals surface area contributed by atoms with Crippen LogP contribution >= 0.6 is 0 Å². The average molecular weight is 419 g/mol. The van der Waals surface area contributed by atoms with Crippen LogP contribution in [0.5, 0.6) is 5.75 Å². The number of ether oxygens (including phenoxy) is 1. The van der Waals surface area contributed by atoms with Crippen molar-refractivity contribution in [3.63, 3.8) is 0 Å². The first-order valence-electron chi connectivity index (χ1n) is 9.55. The van der Waals surface area contributed by atoms with E-state index in [1.165, 1.54) is 0 Å². The molecule has 2 aromatic carbocycles. The van der Waals surface area contributed by atoms with Gasteiger partial charge in [-0.3, -0.25) is 9.10 Å². The summed E-state index contributed by atoms with van der Waals surface area (Å²) in [5.41, 5.74) is 4.29. The normalized spacial score (nSPS) is 12.3. The number of nitrogens with one attached hydrogen (secondary N) is 1. The van der Waals surface area contributed by atoms with Gasteiger partial charge in [0.1, 0.15) is 12.3 Å². The minimum atomic E-state index is -3.62. The quantitative estimate of drug-likeness (QED) is 0.710. The van der Waals surface area contributed by atoms with Crippen molar-refractivity contribution in [2.24, 2.45) is 0 Å². The van der Waals surface area contributed by atoms with Crippen LogP contribution in [0.15, 0.2) is 36.4 Å². The van der Waals surface area contributed by atoms with Crippen molar-refractivity contribution in [1.82, 2.24) is 5.32 Å². The Hall–Kier alpha value is -2.54. The molecule has 0 aliphatic carbocycles. The molecule has 1 atom stereocenters. The number of sulfonamides is 1. The highest BCUT2D eigenvalue weighted by Gasteiger charge is 2.24. The predicted molar refractivity (Wildman–Crippen MR) is 117 cm³/mol. The molecule has 7 heteroatoms. The van der Waals surface area contributed by atoms with E-state index in [1.807, 2.05) is 58.0 Å². The maximum atomic E-state index is 12.8. The van der Waals surface area contributed by atoms with Crippen LogP contribution in [0.3, 0.4) is 0 Å². The number of anilines is 1. The monoisotopic (exact) mass is 418 g/mol. The third-order valence-electron chi connectivity index (χ3n) is 4.87. The smallest absolute Gasteiger partial charge is 0.241 e. The van der Waals surface area contributed by atoms with Crippen LogP contribution in [-0.2, 0) is 14.8 Å². The molecule has 0 bridgehead atoms. The molecule has 0 aliphatic heterocycles. The van der Waals surface area contributed by atoms with Gasteiger partial charge < -0.3 is 10.1 Å². The largest absolute Gasteiger partial charge is 0.496 e. The van der Waals surface area contributed by atoms with Gasteiger partial charge >= 0.3 is 0 Å². The van der Waals surface area contributed by atoms with Gasteiger partial charge in [0.2, 0.25) is 15.9 Å². The predicted octanol–water partition coefficient (Wildman–Crippen LogP) is 3.65. The Bertz CT molecular complexity index is 986. The molecular formula is C22H30N2O4S. The van der Waals surface area contributed by atoms with Crippen molar-refractivity contribution < 1.29 is 17.9 Å². The molecule has 0 spiro atoms. The number of carbonyl (C=O) groups excluding carboxylic acids is 1. The number of benzene rings is 2. The highest BCUT2D eigenvalue weighted by molar-refractivity contribution is 7.92. The van der Waals surface area contributed by atoms with Crippen molar-refractivity contribution in [1.29, 1.82) is 0 Å². The number of aryl methyl sites for hydroxylation is 3. The van der Waals surface area contributed by atoms with E-state index in [4.69, 9.17) is 4.74 Å². The molecule has 2 rings (SSSR count). The van der Waals surface area contributed by atoms with Gasteiger partial charge in [0, 0.05) is 0 Å². The molecular weight excluding hydrogens is 388 g/mol. The maximum Gasteiger partial charge on any atom is 0.241 e. The lowest BCUT2D eigenvalue weighted by Gasteiger charge is -2.25. The first-order chi connectivity index (χ1) is 13.6. The van der Waals surface area contributed by atoms with E-state index in [9.17, 15) is 13.2 Å². The summed E-state index contributed by atoms with van der Waals surface area (Å²) >= 11 is 0. The molecule has 0 aliphatic rings. The first kappa shape index (κ1) is 22.7. The minimum Gasteiger partial charge on any atom is -0.496 e. The van der Waals surface area contributed by atoms with Crippen molar-refractivity contribution in [2.45, 2.75) is 40.2 Å². The van der Waals surface area contributed by atoms with Gasteiger partial charge in [-0.05, 0) is 56.0 Å². The number of rotatable bonds is 8. The Morgan fingerprint density at radius 2 is 1.79 bits per heavy atom. The molecule has 0 radical (unpaired) electrons. The summed E-state index contributed by atoms with van der Waals surface area (Å²) < 4.78 is 31.2. The van der Waals surface area contributed by atoms with Gasteiger partial charge in [-0.25, -0.2) is 8.42 Å². The molecule has 2 aromatic rings. The number of methoxy groups -OCH3 is 1. The minimum absolute atomic E-state index is 0.215. The second kappa shape index (κ2) is 9.31. The fraction of sp³-hybridized carbons (Fsp3) is 0.409. The van der Waals surface area contributed by atoms with Gasteiger partial charge in [-0.15, -0.1) is 0 Å². The van der Waals surface area contributed by atoms with Crippen LogP contribution in [0.2, 0.25) is 0 Å². The zero-order valence-corrected chi connectivity index (χ0v) is 18.8. The molecule has 0 saturated heterocycles. The van der Waals surface area contributed by atoms with E-state index >= 15 is 0 Å². The third kappa shape index (κ3) is 5.73. The zero-order valence-electron chi connectivity index (χ0n) is 17.9. The zero-order chi connectivity index (χ0) is 21.8. The number of hydrogen-bond acceptors (Lipinski definition) is 4. The van der Waals surface area contributed by atoms with Gasteiger partial charge in [0.15, 0.2) is 0 Å². The van der Waals surface area contributed by atoms with E-state index in [2.05, 4.69) is 5.32 Å². The van der Waals surface area contributed by atoms with Crippen LogP contribution in [0.1, 0.15) is 41.6 Å². The Morgan fingerprint density at radius 1 is 1.10 bits per heavy atom. The Balaban J connectivity index is 2.24. The van der Waals surface area contributed by atoms with Crippen LogP contribution in [0.4, 0.5) is 5.69 Å². The van der Waals surface area contributed by atoms with Gasteiger partial charge in [-0.1, -0.05) is 36.8 Å². The molecule has 0 unspecified atom stereocenters. The first-order valence-corrected chi connectivity index (χ1v) is 11.4. The van der Waals surface area contributed by atoms with Crippen LogP contribution < -0.4 is 14.4 Å². The molecule has 6 nitrogen and oxygen atoms in total. The molecule has 158 valence electrons. The summed E-state index contributed by atoms with van der Waals surface area (Å²) in [7, 11) is -2.00. The topological polar surface area (TPSA) is 75.7 Å². The summed E-state index contributed by atoms with van der Waals surface area (Å²) in [5, 5.41) is 2.96. The second-order valence-corrected chi connectivity index (χ2v) is 9.22. The lowest BCUT2D eigenvalue weighted by Crippen LogP contribution is -2.41. The summed E-state index contributed by atoms with van der Waals surface area (Å²) in [4.78, 5) is 12.8. The Kier molecular flexibility index (Phi) is 7.30. The molecule has 0 aromatic heterocycles. The molecule has 1 amide bonds. The fourth-order valence-corrected chi connectivity index (χ4v) is 4.29. The van der Waals surface area contributed by atoms with E-state index in [1.54, 1.807) is 13.2 Å². The van der Waals surface area contributed by atoms with E-state index in [0.29, 0.717) is 12.1 Å². The number of carbonyl (C=O) groups is 1. The lowest BCUT2D eigenvalue weighted by molar-refractivity contribution is -0.120. The van der Waals surface area contributed by atoms with Crippen LogP contribution in [0, 0.1) is 20.8 Å². The summed E-state index contributed by atoms with van der Waals surface area (Å²) in [5.74, 6) is 0.434. The van der Waals surface area contributed by atoms with Crippen LogP contribution in [0.25, 0.3) is 0 Å². The van der Waals surface area contributed by atoms with E-state index < -0.39 is 10.0 Å². The Labute approximate surface area is 173 Å². The standard InChI is InChI=1S/C22H30N2O4S/c1-7-19(18-9-11-21(28-5)17(4)13-18)23-22(25)14-24(29(6,26)27)20-10-8-15(2)12-16(20)3/h8-13,19H,7,14H2,1-6H3,(H,23,25)/t19-/m0/s1. The highest BCUT2D eigenvalue weighted by Crippen LogP contribution is 2.26. The van der Waals surface area contributed by atoms with E-state index in [-0.39, 0.29) is 18.5 Å². The highest BCUT2D eigenvalue weighted by atomic mass is 32.2. The summed E-state index contributed by atoms with van der Waals surface area (Å²) in [6.07, 6.45) is 1.80. The van der Waals surface area contributed by atoms with Crippen molar-refractivity contribution in [3.05, 3.63) is 58.7 Å². The fourth-order valence-electron chi connectivity index (χ4n) is 3.38. The summed E-state index contributed by atoms with van der Waals surface area (Å²) in [6.45, 7) is 7.43. The van der Waals surface area contributed by atoms with E-state index in [0.717, 1.165) is 38.6 Å². The molecule has 1 N–H and O–H groups in total. The SMILES string of the molecule is CC[C@H](NC(=O)CN(c1ccc(C)cc1C)S(C)(=O)=O)c1ccc(OC)c(C)c1. The Morgan fingerprint density at radius 3 is 2.31 bits per heavy atom. The lowest BCUT2D eigenvalue weighted by atomic mass is 10.0. The van der Waals surface area contributed by atoms with Crippen molar-refractivity contribution in [3.8, 4) is 5.75 Å². The number of hydrogen-bond donors (Lipinski definition) is 1. The number of nitrogens with zero attached hydrogens (tertiary/aromatic N) is 1. The van der Waals surface area contributed by atoms with Gasteiger partial charge in [0.25, 0.3) is 0 Å². The number of amides is 1. The van der Waals surface area contributed by atoms with Crippen molar-refractivity contribution >= 4 is 21.6 Å². The molecule has 0 saturated carbocycles. The molecule has 0 heterocycles. The second-order valence-electron chi connectivity index (χ2n) is 7.32. The average Bonchev–Trinajstić information content (AvgIpc) is 2.64. The molecule has 0 fully saturated rings. The van der Waals surface area contributed by atoms with Crippen molar-refractivity contribution in [2.75, 3.05) is 24.2 Å². The molecule has 29 heavy (non-hydrogen) atoms. The summed E-state index contributed by atoms with van der Waals surface area (Å²) in [6, 6.07) is 11.0. The third-order valence-corrected chi connectivity index (χ3v) is 6.00. The van der Waals surface area contributed by atoms with Gasteiger partial charge in [0.05, 0.1) is 25.1 Å². The maximum absolute atomic E-state index is 12.8. The van der Waals surface area contributed by atoms with Crippen LogP contribution in [-0.4, -0.2) is 34.2 Å².